The van der Waals surface area contributed by atoms with Gasteiger partial charge in [0.1, 0.15) is 0 Å². The van der Waals surface area contributed by atoms with Crippen LogP contribution < -0.4 is 0 Å². The highest BCUT2D eigenvalue weighted by Crippen LogP contribution is 2.43. The summed E-state index contributed by atoms with van der Waals surface area (Å²) in [7, 11) is 0. The molecule has 382 valence electrons. The molecule has 18 aromatic rings. The summed E-state index contributed by atoms with van der Waals surface area (Å²) in [5.41, 5.74) is 16.9. The smallest absolute Gasteiger partial charge is 0.0548 e. The maximum atomic E-state index is 2.46. The first-order valence-electron chi connectivity index (χ1n) is 28.2. The number of benzene rings is 14. The summed E-state index contributed by atoms with van der Waals surface area (Å²) >= 11 is 0. The average Bonchev–Trinajstić information content (AvgIpc) is 2.71. The summed E-state index contributed by atoms with van der Waals surface area (Å²) in [5, 5.41) is 17.9. The Morgan fingerprint density at radius 2 is 0.390 bits per heavy atom. The third-order valence-electron chi connectivity index (χ3n) is 17.2. The lowest BCUT2D eigenvalue weighted by atomic mass is 9.94. The van der Waals surface area contributed by atoms with Gasteiger partial charge >= 0.3 is 0 Å². The standard InChI is InChI=1S/C42H26N2.C36H24N2/c1-2-12-27(13-3-1)43-39-20-10-8-18-34(39)37-26-42-38(25-41(37)43)35-19-9-11-21-40(35)44(42)28-22-23-33-31-16-5-4-14-29(31)30-15-6-7-17-32(30)36(33)24-28;1-3-11-25(12-4-1)26-19-21-28(22-20-26)38-34-18-10-8-16-30(34)32-23-35-31(24-36(32)38)29-15-7-9-17-33(29)37(35)27-13-5-2-6-14-27/h1-26H;1-24H. The van der Waals surface area contributed by atoms with Crippen molar-refractivity contribution in [2.45, 2.75) is 0 Å². The average molecular weight is 1040 g/mol. The van der Waals surface area contributed by atoms with E-state index in [1.165, 1.54) is 153 Å². The lowest BCUT2D eigenvalue weighted by molar-refractivity contribution is 1.17. The van der Waals surface area contributed by atoms with Crippen molar-refractivity contribution in [3.8, 4) is 33.9 Å². The third kappa shape index (κ3) is 6.98. The first-order valence-corrected chi connectivity index (χ1v) is 28.2. The monoisotopic (exact) mass is 1040 g/mol. The highest BCUT2D eigenvalue weighted by Gasteiger charge is 2.21. The minimum atomic E-state index is 1.17. The Labute approximate surface area is 472 Å². The molecule has 4 heterocycles. The van der Waals surface area contributed by atoms with Gasteiger partial charge in [0.15, 0.2) is 0 Å². The van der Waals surface area contributed by atoms with E-state index in [1.807, 2.05) is 0 Å². The minimum absolute atomic E-state index is 1.17. The zero-order valence-corrected chi connectivity index (χ0v) is 44.7. The van der Waals surface area contributed by atoms with Crippen molar-refractivity contribution >= 4 is 120 Å². The lowest BCUT2D eigenvalue weighted by Gasteiger charge is -2.14. The van der Waals surface area contributed by atoms with Crippen LogP contribution in [0.2, 0.25) is 0 Å². The fourth-order valence-corrected chi connectivity index (χ4v) is 13.6. The molecule has 0 radical (unpaired) electrons. The van der Waals surface area contributed by atoms with E-state index in [-0.39, 0.29) is 0 Å². The number of fused-ring (bicyclic) bond motifs is 18. The normalized spacial score (nSPS) is 11.9. The third-order valence-corrected chi connectivity index (χ3v) is 17.2. The number of rotatable bonds is 5. The first-order chi connectivity index (χ1) is 40.7. The molecule has 14 aromatic carbocycles. The van der Waals surface area contributed by atoms with Crippen molar-refractivity contribution in [1.29, 1.82) is 0 Å². The van der Waals surface area contributed by atoms with Crippen LogP contribution in [0.25, 0.3) is 153 Å². The Morgan fingerprint density at radius 3 is 0.768 bits per heavy atom. The first kappa shape index (κ1) is 46.0. The lowest BCUT2D eigenvalue weighted by Crippen LogP contribution is -1.95. The van der Waals surface area contributed by atoms with Gasteiger partial charge < -0.3 is 18.3 Å². The Hall–Kier alpha value is -10.9. The molecule has 0 unspecified atom stereocenters. The van der Waals surface area contributed by atoms with Gasteiger partial charge in [-0.3, -0.25) is 0 Å². The maximum Gasteiger partial charge on any atom is 0.0548 e. The van der Waals surface area contributed by atoms with Gasteiger partial charge in [0.2, 0.25) is 0 Å². The van der Waals surface area contributed by atoms with Crippen molar-refractivity contribution in [2.75, 3.05) is 0 Å². The fraction of sp³-hybridized carbons (Fsp3) is 0. The molecule has 0 amide bonds. The van der Waals surface area contributed by atoms with Gasteiger partial charge in [0, 0.05) is 65.8 Å². The van der Waals surface area contributed by atoms with Crippen molar-refractivity contribution in [2.24, 2.45) is 0 Å². The van der Waals surface area contributed by atoms with Gasteiger partial charge in [-0.05, 0) is 141 Å². The Morgan fingerprint density at radius 1 is 0.134 bits per heavy atom. The molecule has 4 nitrogen and oxygen atoms in total. The zero-order chi connectivity index (χ0) is 53.8. The van der Waals surface area contributed by atoms with Crippen LogP contribution in [0.4, 0.5) is 0 Å². The van der Waals surface area contributed by atoms with E-state index in [0.717, 1.165) is 0 Å². The second kappa shape index (κ2) is 18.3. The predicted molar refractivity (Wildman–Crippen MR) is 348 cm³/mol. The number of aromatic nitrogens is 4. The van der Waals surface area contributed by atoms with Crippen LogP contribution >= 0.6 is 0 Å². The van der Waals surface area contributed by atoms with E-state index in [2.05, 4.69) is 322 Å². The molecule has 0 spiro atoms. The largest absolute Gasteiger partial charge is 0.309 e. The van der Waals surface area contributed by atoms with Crippen molar-refractivity contribution in [3.05, 3.63) is 303 Å². The second-order valence-electron chi connectivity index (χ2n) is 21.6. The summed E-state index contributed by atoms with van der Waals surface area (Å²) in [6.45, 7) is 0. The van der Waals surface area contributed by atoms with Gasteiger partial charge in [0.25, 0.3) is 0 Å². The van der Waals surface area contributed by atoms with Crippen molar-refractivity contribution in [1.82, 2.24) is 18.3 Å². The number of hydrogen-bond acceptors (Lipinski definition) is 0. The molecule has 0 aliphatic carbocycles. The van der Waals surface area contributed by atoms with Crippen LogP contribution in [0.5, 0.6) is 0 Å². The molecule has 0 fully saturated rings. The van der Waals surface area contributed by atoms with Gasteiger partial charge in [-0.25, -0.2) is 0 Å². The number of hydrogen-bond donors (Lipinski definition) is 0. The van der Waals surface area contributed by atoms with E-state index >= 15 is 0 Å². The van der Waals surface area contributed by atoms with Crippen LogP contribution in [0.3, 0.4) is 0 Å². The molecule has 82 heavy (non-hydrogen) atoms. The van der Waals surface area contributed by atoms with Crippen LogP contribution in [0.15, 0.2) is 303 Å². The predicted octanol–water partition coefficient (Wildman–Crippen LogP) is 20.9. The fourth-order valence-electron chi connectivity index (χ4n) is 13.6. The van der Waals surface area contributed by atoms with Crippen molar-refractivity contribution in [3.63, 3.8) is 0 Å². The Bertz CT molecular complexity index is 5510. The SMILES string of the molecule is c1ccc(-c2ccc(-n3c4ccccc4c4cc5c(cc43)c3ccccc3n5-c3ccccc3)cc2)cc1.c1ccc(-n2c3ccccc3c3cc4c(cc32)c2ccccc2n4-c2ccc3c4ccccc4c4ccccc4c3c2)cc1. The summed E-state index contributed by atoms with van der Waals surface area (Å²) in [4.78, 5) is 0. The molecule has 0 bridgehead atoms. The van der Waals surface area contributed by atoms with Crippen LogP contribution in [0, 0.1) is 0 Å². The molecule has 18 rings (SSSR count). The van der Waals surface area contributed by atoms with E-state index in [1.54, 1.807) is 0 Å². The number of nitrogens with zero attached hydrogens (tertiary/aromatic N) is 4. The van der Waals surface area contributed by atoms with Gasteiger partial charge in [0.05, 0.1) is 44.1 Å². The zero-order valence-electron chi connectivity index (χ0n) is 44.7. The molecule has 0 saturated heterocycles. The van der Waals surface area contributed by atoms with E-state index in [9.17, 15) is 0 Å². The highest BCUT2D eigenvalue weighted by atomic mass is 15.0. The Balaban J connectivity index is 0.000000132. The molecule has 0 N–H and O–H groups in total. The minimum Gasteiger partial charge on any atom is -0.309 e. The van der Waals surface area contributed by atoms with E-state index < -0.39 is 0 Å². The molecule has 0 saturated carbocycles. The topological polar surface area (TPSA) is 19.7 Å². The maximum absolute atomic E-state index is 2.46. The molecule has 4 aromatic heterocycles. The van der Waals surface area contributed by atoms with E-state index in [4.69, 9.17) is 0 Å². The highest BCUT2D eigenvalue weighted by molar-refractivity contribution is 6.26. The van der Waals surface area contributed by atoms with Gasteiger partial charge in [-0.2, -0.15) is 0 Å². The second-order valence-corrected chi connectivity index (χ2v) is 21.6. The molecule has 0 aliphatic rings. The quantitative estimate of drug-likeness (QED) is 0.153. The summed E-state index contributed by atoms with van der Waals surface area (Å²) in [6, 6.07) is 110. The summed E-state index contributed by atoms with van der Waals surface area (Å²) < 4.78 is 9.67. The molecule has 0 aliphatic heterocycles. The van der Waals surface area contributed by atoms with Crippen LogP contribution in [0.1, 0.15) is 0 Å². The van der Waals surface area contributed by atoms with Crippen LogP contribution in [-0.2, 0) is 0 Å². The molecule has 4 heteroatoms. The van der Waals surface area contributed by atoms with Crippen molar-refractivity contribution < 1.29 is 0 Å². The van der Waals surface area contributed by atoms with Gasteiger partial charge in [-0.1, -0.05) is 206 Å². The molecule has 0 atom stereocenters. The summed E-state index contributed by atoms with van der Waals surface area (Å²) in [6.07, 6.45) is 0. The van der Waals surface area contributed by atoms with Crippen LogP contribution in [-0.4, -0.2) is 18.3 Å². The molecular formula is C78H50N4. The summed E-state index contributed by atoms with van der Waals surface area (Å²) in [5.74, 6) is 0. The number of para-hydroxylation sites is 6. The Kier molecular flexibility index (Phi) is 10.3. The van der Waals surface area contributed by atoms with Gasteiger partial charge in [-0.15, -0.1) is 0 Å². The molecular weight excluding hydrogens is 993 g/mol. The van der Waals surface area contributed by atoms with E-state index in [0.29, 0.717) is 0 Å².